The Kier molecular flexibility index (Phi) is 4.69. The number of hydrogen-bond donors (Lipinski definition) is 2. The zero-order valence-electron chi connectivity index (χ0n) is 13.6. The first-order valence-corrected chi connectivity index (χ1v) is 9.35. The molecule has 27 heavy (non-hydrogen) atoms. The molecule has 4 aromatic rings. The smallest absolute Gasteiger partial charge is 0.337 e. The lowest BCUT2D eigenvalue weighted by Gasteiger charge is -2.01. The number of halogens is 2. The zero-order chi connectivity index (χ0) is 19.0. The fourth-order valence-electron chi connectivity index (χ4n) is 2.69. The van der Waals surface area contributed by atoms with Crippen LogP contribution in [0.15, 0.2) is 48.9 Å². The van der Waals surface area contributed by atoms with Crippen molar-refractivity contribution in [2.24, 2.45) is 0 Å². The van der Waals surface area contributed by atoms with Crippen LogP contribution in [-0.4, -0.2) is 25.5 Å². The van der Waals surface area contributed by atoms with Gasteiger partial charge in [-0.15, -0.1) is 11.3 Å². The SMILES string of the molecule is O=C(Nc1ccc(Cl)cn1)c1c(O)n(Cc2cnc(Cl)s2)c2cccc[n+]12. The van der Waals surface area contributed by atoms with E-state index in [0.717, 1.165) is 4.88 Å². The van der Waals surface area contributed by atoms with Crippen molar-refractivity contribution in [1.82, 2.24) is 14.5 Å². The van der Waals surface area contributed by atoms with Gasteiger partial charge in [0.1, 0.15) is 12.4 Å². The predicted molar refractivity (Wildman–Crippen MR) is 103 cm³/mol. The van der Waals surface area contributed by atoms with Gasteiger partial charge < -0.3 is 10.4 Å². The van der Waals surface area contributed by atoms with Gasteiger partial charge in [0, 0.05) is 18.5 Å². The number of fused-ring (bicyclic) bond motifs is 1. The number of pyridine rings is 2. The molecule has 0 unspecified atom stereocenters. The largest absolute Gasteiger partial charge is 0.474 e. The Balaban J connectivity index is 1.75. The summed E-state index contributed by atoms with van der Waals surface area (Å²) in [5.41, 5.74) is 0.742. The predicted octanol–water partition coefficient (Wildman–Crippen LogP) is 3.39. The average molecular weight is 421 g/mol. The van der Waals surface area contributed by atoms with Crippen molar-refractivity contribution in [1.29, 1.82) is 0 Å². The van der Waals surface area contributed by atoms with E-state index < -0.39 is 5.91 Å². The lowest BCUT2D eigenvalue weighted by atomic mass is 10.3. The van der Waals surface area contributed by atoms with Crippen molar-refractivity contribution < 1.29 is 14.3 Å². The number of aromatic hydroxyl groups is 1. The van der Waals surface area contributed by atoms with Crippen molar-refractivity contribution in [3.05, 3.63) is 69.0 Å². The minimum absolute atomic E-state index is 0.0953. The number of rotatable bonds is 4. The number of hydrogen-bond acceptors (Lipinski definition) is 5. The molecule has 0 bridgehead atoms. The monoisotopic (exact) mass is 420 g/mol. The highest BCUT2D eigenvalue weighted by atomic mass is 35.5. The van der Waals surface area contributed by atoms with E-state index in [1.807, 2.05) is 6.07 Å². The molecule has 0 fully saturated rings. The van der Waals surface area contributed by atoms with Crippen LogP contribution in [0.4, 0.5) is 5.82 Å². The summed E-state index contributed by atoms with van der Waals surface area (Å²) in [5, 5.41) is 13.9. The first kappa shape index (κ1) is 17.7. The number of nitrogens with zero attached hydrogens (tertiary/aromatic N) is 4. The van der Waals surface area contributed by atoms with Crippen LogP contribution in [0.25, 0.3) is 5.65 Å². The van der Waals surface area contributed by atoms with E-state index in [-0.39, 0.29) is 11.6 Å². The van der Waals surface area contributed by atoms with Gasteiger partial charge in [-0.05, 0) is 18.2 Å². The van der Waals surface area contributed by atoms with E-state index in [0.29, 0.717) is 27.5 Å². The number of imidazole rings is 1. The molecule has 0 aliphatic heterocycles. The van der Waals surface area contributed by atoms with Gasteiger partial charge in [-0.25, -0.2) is 9.97 Å². The molecule has 10 heteroatoms. The maximum absolute atomic E-state index is 12.8. The molecule has 4 heterocycles. The molecule has 0 saturated heterocycles. The summed E-state index contributed by atoms with van der Waals surface area (Å²) in [5.74, 6) is -0.336. The summed E-state index contributed by atoms with van der Waals surface area (Å²) in [6, 6.07) is 8.61. The Morgan fingerprint density at radius 1 is 1.22 bits per heavy atom. The summed E-state index contributed by atoms with van der Waals surface area (Å²) in [6.45, 7) is 0.330. The molecule has 136 valence electrons. The molecule has 0 atom stereocenters. The molecule has 0 saturated carbocycles. The van der Waals surface area contributed by atoms with Gasteiger partial charge >= 0.3 is 11.8 Å². The summed E-state index contributed by atoms with van der Waals surface area (Å²) in [4.78, 5) is 21.7. The second-order valence-electron chi connectivity index (χ2n) is 5.58. The van der Waals surface area contributed by atoms with Gasteiger partial charge in [-0.1, -0.05) is 29.3 Å². The van der Waals surface area contributed by atoms with Crippen molar-refractivity contribution in [2.45, 2.75) is 6.54 Å². The van der Waals surface area contributed by atoms with Gasteiger partial charge in [0.15, 0.2) is 4.47 Å². The van der Waals surface area contributed by atoms with Gasteiger partial charge in [0.05, 0.1) is 16.1 Å². The van der Waals surface area contributed by atoms with E-state index >= 15 is 0 Å². The van der Waals surface area contributed by atoms with E-state index in [1.165, 1.54) is 17.5 Å². The average Bonchev–Trinajstić information content (AvgIpc) is 3.19. The lowest BCUT2D eigenvalue weighted by Crippen LogP contribution is -2.30. The Hall–Kier alpha value is -2.68. The number of carbonyl (C=O) groups excluding carboxylic acids is 1. The molecule has 0 aromatic carbocycles. The van der Waals surface area contributed by atoms with E-state index in [1.54, 1.807) is 45.6 Å². The van der Waals surface area contributed by atoms with Crippen LogP contribution < -0.4 is 9.72 Å². The number of aromatic nitrogens is 4. The van der Waals surface area contributed by atoms with Crippen LogP contribution in [0.2, 0.25) is 9.49 Å². The Morgan fingerprint density at radius 2 is 2.07 bits per heavy atom. The molecule has 1 amide bonds. The standard InChI is InChI=1S/C17H11Cl2N5O2S/c18-10-4-5-12(20-7-10)22-15(25)14-16(26)24(9-11-8-21-17(19)27-11)13-3-1-2-6-23(13)14/h1-8H,9H2,(H-,20,22,25,26)/p+1. The van der Waals surface area contributed by atoms with E-state index in [9.17, 15) is 9.90 Å². The van der Waals surface area contributed by atoms with Crippen molar-refractivity contribution in [3.8, 4) is 5.88 Å². The third kappa shape index (κ3) is 3.46. The minimum atomic E-state index is -0.496. The summed E-state index contributed by atoms with van der Waals surface area (Å²) >= 11 is 13.0. The van der Waals surface area contributed by atoms with Crippen molar-refractivity contribution in [2.75, 3.05) is 5.32 Å². The molecule has 4 aromatic heterocycles. The highest BCUT2D eigenvalue weighted by Gasteiger charge is 2.31. The van der Waals surface area contributed by atoms with Gasteiger partial charge in [-0.3, -0.25) is 4.79 Å². The number of thiazole rings is 1. The lowest BCUT2D eigenvalue weighted by molar-refractivity contribution is -0.513. The quantitative estimate of drug-likeness (QED) is 0.495. The normalized spacial score (nSPS) is 11.0. The molecule has 2 N–H and O–H groups in total. The molecule has 7 nitrogen and oxygen atoms in total. The minimum Gasteiger partial charge on any atom is -0.474 e. The maximum Gasteiger partial charge on any atom is 0.337 e. The van der Waals surface area contributed by atoms with Gasteiger partial charge in [-0.2, -0.15) is 8.97 Å². The first-order valence-electron chi connectivity index (χ1n) is 7.78. The number of carbonyl (C=O) groups is 1. The van der Waals surface area contributed by atoms with Crippen molar-refractivity contribution >= 4 is 51.9 Å². The highest BCUT2D eigenvalue weighted by Crippen LogP contribution is 2.25. The Morgan fingerprint density at radius 3 is 2.78 bits per heavy atom. The van der Waals surface area contributed by atoms with Crippen LogP contribution in [0.5, 0.6) is 5.88 Å². The summed E-state index contributed by atoms with van der Waals surface area (Å²) < 4.78 is 3.65. The Bertz CT molecular complexity index is 1140. The molecule has 0 aliphatic carbocycles. The zero-order valence-corrected chi connectivity index (χ0v) is 16.0. The fourth-order valence-corrected chi connectivity index (χ4v) is 3.77. The van der Waals surface area contributed by atoms with Crippen molar-refractivity contribution in [3.63, 3.8) is 0 Å². The third-order valence-corrected chi connectivity index (χ3v) is 5.17. The fraction of sp³-hybridized carbons (Fsp3) is 0.0588. The van der Waals surface area contributed by atoms with Crippen LogP contribution >= 0.6 is 34.5 Å². The molecular formula is C17H12Cl2N5O2S+. The second-order valence-corrected chi connectivity index (χ2v) is 7.72. The topological polar surface area (TPSA) is 84.1 Å². The van der Waals surface area contributed by atoms with Crippen LogP contribution in [-0.2, 0) is 6.54 Å². The number of amides is 1. The van der Waals surface area contributed by atoms with Crippen LogP contribution in [0, 0.1) is 0 Å². The van der Waals surface area contributed by atoms with Gasteiger partial charge in [0.25, 0.3) is 11.3 Å². The highest BCUT2D eigenvalue weighted by molar-refractivity contribution is 7.15. The maximum atomic E-state index is 12.8. The number of anilines is 1. The molecule has 0 spiro atoms. The number of nitrogens with one attached hydrogen (secondary N) is 1. The van der Waals surface area contributed by atoms with Crippen LogP contribution in [0.3, 0.4) is 0 Å². The van der Waals surface area contributed by atoms with E-state index in [4.69, 9.17) is 23.2 Å². The second kappa shape index (κ2) is 7.15. The molecule has 0 aliphatic rings. The van der Waals surface area contributed by atoms with E-state index in [2.05, 4.69) is 15.3 Å². The van der Waals surface area contributed by atoms with Gasteiger partial charge in [0.2, 0.25) is 0 Å². The van der Waals surface area contributed by atoms with Crippen LogP contribution in [0.1, 0.15) is 15.4 Å². The first-order chi connectivity index (χ1) is 13.0. The third-order valence-electron chi connectivity index (χ3n) is 3.85. The summed E-state index contributed by atoms with van der Waals surface area (Å²) in [6.07, 6.45) is 4.78. The molecule has 0 radical (unpaired) electrons. The molecule has 4 rings (SSSR count). The summed E-state index contributed by atoms with van der Waals surface area (Å²) in [7, 11) is 0. The Labute approximate surface area is 167 Å². The molecular weight excluding hydrogens is 409 g/mol.